The van der Waals surface area contributed by atoms with Crippen LogP contribution in [-0.4, -0.2) is 49.1 Å². The molecular weight excluding hydrogens is 345 g/mol. The lowest BCUT2D eigenvalue weighted by Crippen LogP contribution is -2.47. The minimum atomic E-state index is -1.37. The van der Waals surface area contributed by atoms with Crippen molar-refractivity contribution in [2.45, 2.75) is 77.3 Å². The molecule has 2 aliphatic heterocycles. The quantitative estimate of drug-likeness (QED) is 0.742. The topological polar surface area (TPSA) is 30.9 Å². The van der Waals surface area contributed by atoms with Gasteiger partial charge < -0.3 is 14.2 Å². The van der Waals surface area contributed by atoms with Crippen LogP contribution in [0.1, 0.15) is 64.6 Å². The molecule has 2 atom stereocenters. The molecule has 3 rings (SSSR count). The van der Waals surface area contributed by atoms with Crippen molar-refractivity contribution in [3.63, 3.8) is 0 Å². The minimum Gasteiger partial charge on any atom is -0.493 e. The summed E-state index contributed by atoms with van der Waals surface area (Å²) < 4.78 is 31.3. The van der Waals surface area contributed by atoms with Crippen molar-refractivity contribution in [3.8, 4) is 11.5 Å². The molecule has 0 aromatic heterocycles. The fourth-order valence-electron chi connectivity index (χ4n) is 4.13. The summed E-state index contributed by atoms with van der Waals surface area (Å²) in [4.78, 5) is 2.53. The highest BCUT2D eigenvalue weighted by Gasteiger charge is 2.36. The number of methoxy groups -OCH3 is 1. The van der Waals surface area contributed by atoms with Crippen LogP contribution >= 0.6 is 0 Å². The Hall–Kier alpha value is -1.33. The minimum absolute atomic E-state index is 0.0174. The van der Waals surface area contributed by atoms with Gasteiger partial charge in [-0.3, -0.25) is 4.90 Å². The molecule has 0 spiro atoms. The highest BCUT2D eigenvalue weighted by atomic mass is 19.1. The Morgan fingerprint density at radius 2 is 1.85 bits per heavy atom. The van der Waals surface area contributed by atoms with E-state index in [9.17, 15) is 4.39 Å². The summed E-state index contributed by atoms with van der Waals surface area (Å²) in [7, 11) is 1.64. The largest absolute Gasteiger partial charge is 0.493 e. The Labute approximate surface area is 163 Å². The van der Waals surface area contributed by atoms with Gasteiger partial charge in [0, 0.05) is 19.1 Å². The highest BCUT2D eigenvalue weighted by Crippen LogP contribution is 2.42. The standard InChI is InChI=1S/C22H34FNO3/c1-21(2,3)27-16-7-8-18-17-12-19(25-6)20(26-14-22(4,5)23)11-15(17)9-10-24(18)13-16/h11-12,16,18H,7-10,13-14H2,1-6H3. The predicted molar refractivity (Wildman–Crippen MR) is 106 cm³/mol. The fraction of sp³-hybridized carbons (Fsp3) is 0.727. The molecule has 0 bridgehead atoms. The molecule has 2 heterocycles. The molecule has 2 unspecified atom stereocenters. The van der Waals surface area contributed by atoms with Gasteiger partial charge in [0.15, 0.2) is 11.5 Å². The second kappa shape index (κ2) is 7.59. The van der Waals surface area contributed by atoms with Gasteiger partial charge in [0.25, 0.3) is 0 Å². The van der Waals surface area contributed by atoms with E-state index in [1.54, 1.807) is 7.11 Å². The van der Waals surface area contributed by atoms with E-state index in [0.29, 0.717) is 23.6 Å². The molecule has 0 radical (unpaired) electrons. The van der Waals surface area contributed by atoms with Gasteiger partial charge >= 0.3 is 0 Å². The van der Waals surface area contributed by atoms with Crippen molar-refractivity contribution in [2.75, 3.05) is 26.8 Å². The van der Waals surface area contributed by atoms with Crippen LogP contribution in [0.5, 0.6) is 11.5 Å². The summed E-state index contributed by atoms with van der Waals surface area (Å²) in [6.07, 6.45) is 3.40. The number of piperidine rings is 1. The average Bonchev–Trinajstić information content (AvgIpc) is 2.56. The maximum Gasteiger partial charge on any atom is 0.161 e. The number of rotatable bonds is 5. The number of halogens is 1. The molecule has 27 heavy (non-hydrogen) atoms. The smallest absolute Gasteiger partial charge is 0.161 e. The first-order valence-electron chi connectivity index (χ1n) is 10.00. The lowest BCUT2D eigenvalue weighted by molar-refractivity contribution is -0.0971. The number of ether oxygens (including phenoxy) is 3. The van der Waals surface area contributed by atoms with Crippen LogP contribution in [0, 0.1) is 0 Å². The van der Waals surface area contributed by atoms with Crippen molar-refractivity contribution in [2.24, 2.45) is 0 Å². The lowest BCUT2D eigenvalue weighted by Gasteiger charge is -2.44. The molecule has 0 saturated carbocycles. The summed E-state index contributed by atoms with van der Waals surface area (Å²) in [6.45, 7) is 11.4. The third-order valence-corrected chi connectivity index (χ3v) is 5.18. The SMILES string of the molecule is COc1cc2c(cc1OCC(C)(C)F)CCN1CC(OC(C)(C)C)CCC21. The summed E-state index contributed by atoms with van der Waals surface area (Å²) in [5.74, 6) is 1.33. The first kappa shape index (κ1) is 20.4. The molecule has 0 amide bonds. The van der Waals surface area contributed by atoms with E-state index in [4.69, 9.17) is 14.2 Å². The van der Waals surface area contributed by atoms with Gasteiger partial charge in [0.2, 0.25) is 0 Å². The first-order valence-corrected chi connectivity index (χ1v) is 10.00. The Morgan fingerprint density at radius 3 is 2.48 bits per heavy atom. The van der Waals surface area contributed by atoms with Crippen LogP contribution < -0.4 is 9.47 Å². The maximum atomic E-state index is 13.8. The Kier molecular flexibility index (Phi) is 5.74. The molecule has 1 aromatic rings. The van der Waals surface area contributed by atoms with E-state index in [2.05, 4.69) is 37.8 Å². The van der Waals surface area contributed by atoms with Gasteiger partial charge in [-0.05, 0) is 77.1 Å². The van der Waals surface area contributed by atoms with E-state index in [0.717, 1.165) is 32.4 Å². The Bertz CT molecular complexity index is 663. The molecule has 2 aliphatic rings. The number of fused-ring (bicyclic) bond motifs is 3. The molecule has 1 saturated heterocycles. The van der Waals surface area contributed by atoms with Gasteiger partial charge in [-0.1, -0.05) is 0 Å². The molecule has 0 N–H and O–H groups in total. The lowest BCUT2D eigenvalue weighted by atomic mass is 9.85. The van der Waals surface area contributed by atoms with E-state index < -0.39 is 5.67 Å². The number of hydrogen-bond donors (Lipinski definition) is 0. The molecule has 4 nitrogen and oxygen atoms in total. The fourth-order valence-corrected chi connectivity index (χ4v) is 4.13. The van der Waals surface area contributed by atoms with Crippen molar-refractivity contribution >= 4 is 0 Å². The molecule has 152 valence electrons. The monoisotopic (exact) mass is 379 g/mol. The molecule has 1 fully saturated rings. The van der Waals surface area contributed by atoms with E-state index in [1.165, 1.54) is 25.0 Å². The zero-order chi connectivity index (χ0) is 19.8. The highest BCUT2D eigenvalue weighted by molar-refractivity contribution is 5.49. The first-order chi connectivity index (χ1) is 12.6. The van der Waals surface area contributed by atoms with Crippen LogP contribution in [0.2, 0.25) is 0 Å². The van der Waals surface area contributed by atoms with Crippen molar-refractivity contribution in [3.05, 3.63) is 23.3 Å². The van der Waals surface area contributed by atoms with E-state index >= 15 is 0 Å². The van der Waals surface area contributed by atoms with Crippen molar-refractivity contribution in [1.82, 2.24) is 4.90 Å². The van der Waals surface area contributed by atoms with E-state index in [1.807, 2.05) is 0 Å². The van der Waals surface area contributed by atoms with Crippen LogP contribution in [0.15, 0.2) is 12.1 Å². The second-order valence-corrected chi connectivity index (χ2v) is 9.40. The van der Waals surface area contributed by atoms with Gasteiger partial charge in [-0.15, -0.1) is 0 Å². The number of nitrogens with zero attached hydrogens (tertiary/aromatic N) is 1. The van der Waals surface area contributed by atoms with E-state index in [-0.39, 0.29) is 12.2 Å². The average molecular weight is 380 g/mol. The third kappa shape index (κ3) is 5.14. The molecular formula is C22H34FNO3. The predicted octanol–water partition coefficient (Wildman–Crippen LogP) is 4.70. The van der Waals surface area contributed by atoms with Crippen molar-refractivity contribution in [1.29, 1.82) is 0 Å². The summed E-state index contributed by atoms with van der Waals surface area (Å²) in [6, 6.07) is 4.54. The Morgan fingerprint density at radius 1 is 1.11 bits per heavy atom. The van der Waals surface area contributed by atoms with Gasteiger partial charge in [-0.25, -0.2) is 4.39 Å². The maximum absolute atomic E-state index is 13.8. The van der Waals surface area contributed by atoms with Gasteiger partial charge in [-0.2, -0.15) is 0 Å². The molecule has 5 heteroatoms. The zero-order valence-electron chi connectivity index (χ0n) is 17.6. The number of alkyl halides is 1. The number of hydrogen-bond acceptors (Lipinski definition) is 4. The zero-order valence-corrected chi connectivity index (χ0v) is 17.6. The van der Waals surface area contributed by atoms with Crippen LogP contribution in [-0.2, 0) is 11.2 Å². The number of benzene rings is 1. The summed E-state index contributed by atoms with van der Waals surface area (Å²) in [5.41, 5.74) is 1.13. The van der Waals surface area contributed by atoms with Crippen LogP contribution in [0.3, 0.4) is 0 Å². The molecule has 0 aliphatic carbocycles. The third-order valence-electron chi connectivity index (χ3n) is 5.18. The van der Waals surface area contributed by atoms with Crippen LogP contribution in [0.25, 0.3) is 0 Å². The van der Waals surface area contributed by atoms with Gasteiger partial charge in [0.05, 0.1) is 18.8 Å². The van der Waals surface area contributed by atoms with Gasteiger partial charge in [0.1, 0.15) is 12.3 Å². The second-order valence-electron chi connectivity index (χ2n) is 9.40. The molecule has 1 aromatic carbocycles. The normalized spacial score (nSPS) is 23.5. The van der Waals surface area contributed by atoms with Crippen molar-refractivity contribution < 1.29 is 18.6 Å². The Balaban J connectivity index is 1.77. The summed E-state index contributed by atoms with van der Waals surface area (Å²) >= 11 is 0. The van der Waals surface area contributed by atoms with Crippen LogP contribution in [0.4, 0.5) is 4.39 Å². The summed E-state index contributed by atoms with van der Waals surface area (Å²) in [5, 5.41) is 0.